The van der Waals surface area contributed by atoms with E-state index in [1.54, 1.807) is 13.2 Å². The predicted octanol–water partition coefficient (Wildman–Crippen LogP) is 0.958. The third-order valence-electron chi connectivity index (χ3n) is 3.70. The maximum atomic E-state index is 12.8. The van der Waals surface area contributed by atoms with Crippen molar-refractivity contribution in [3.63, 3.8) is 0 Å². The first-order valence-corrected chi connectivity index (χ1v) is 10.2. The second kappa shape index (κ2) is 9.25. The van der Waals surface area contributed by atoms with Gasteiger partial charge < -0.3 is 10.1 Å². The molecule has 0 saturated heterocycles. The minimum atomic E-state index is -0.567. The van der Waals surface area contributed by atoms with Crippen molar-refractivity contribution in [2.45, 2.75) is 27.3 Å². The van der Waals surface area contributed by atoms with Crippen molar-refractivity contribution in [1.29, 1.82) is 0 Å². The van der Waals surface area contributed by atoms with Crippen LogP contribution in [0, 0.1) is 5.41 Å². The highest BCUT2D eigenvalue weighted by Gasteiger charge is 2.20. The molecule has 1 amide bonds. The van der Waals surface area contributed by atoms with Crippen molar-refractivity contribution in [2.75, 3.05) is 20.3 Å². The lowest BCUT2D eigenvalue weighted by Gasteiger charge is -2.13. The summed E-state index contributed by atoms with van der Waals surface area (Å²) in [5, 5.41) is 6.56. The zero-order valence-corrected chi connectivity index (χ0v) is 17.5. The lowest BCUT2D eigenvalue weighted by atomic mass is 9.91. The van der Waals surface area contributed by atoms with Crippen LogP contribution >= 0.6 is 22.7 Å². The third kappa shape index (κ3) is 5.98. The van der Waals surface area contributed by atoms with E-state index < -0.39 is 5.41 Å². The zero-order valence-electron chi connectivity index (χ0n) is 15.9. The van der Waals surface area contributed by atoms with Crippen LogP contribution in [-0.2, 0) is 20.9 Å². The SMILES string of the molecule is COCCNC(=O)Cn1c(=O)/c(=C\c2ccsc2)s/c1=C\C(=O)C(C)(C)C. The van der Waals surface area contributed by atoms with Gasteiger partial charge in [0.15, 0.2) is 5.78 Å². The van der Waals surface area contributed by atoms with Gasteiger partial charge in [-0.1, -0.05) is 20.8 Å². The van der Waals surface area contributed by atoms with E-state index in [1.165, 1.54) is 33.3 Å². The Labute approximate surface area is 165 Å². The molecule has 27 heavy (non-hydrogen) atoms. The van der Waals surface area contributed by atoms with E-state index in [4.69, 9.17) is 4.74 Å². The van der Waals surface area contributed by atoms with E-state index in [-0.39, 0.29) is 23.8 Å². The van der Waals surface area contributed by atoms with Gasteiger partial charge in [0.05, 0.1) is 11.1 Å². The first-order valence-electron chi connectivity index (χ1n) is 8.47. The summed E-state index contributed by atoms with van der Waals surface area (Å²) < 4.78 is 7.23. The number of Topliss-reactive ketones (excluding diaryl/α,β-unsaturated/α-hetero) is 1. The number of amides is 1. The third-order valence-corrected chi connectivity index (χ3v) is 5.46. The lowest BCUT2D eigenvalue weighted by molar-refractivity contribution is -0.122. The molecule has 0 aliphatic heterocycles. The van der Waals surface area contributed by atoms with E-state index in [0.29, 0.717) is 22.3 Å². The highest BCUT2D eigenvalue weighted by atomic mass is 32.1. The van der Waals surface area contributed by atoms with Gasteiger partial charge in [-0.15, -0.1) is 11.3 Å². The highest BCUT2D eigenvalue weighted by molar-refractivity contribution is 7.08. The average Bonchev–Trinajstić information content (AvgIpc) is 3.19. The minimum Gasteiger partial charge on any atom is -0.383 e. The topological polar surface area (TPSA) is 77.4 Å². The number of methoxy groups -OCH3 is 1. The highest BCUT2D eigenvalue weighted by Crippen LogP contribution is 2.14. The summed E-state index contributed by atoms with van der Waals surface area (Å²) in [5.74, 6) is -0.397. The second-order valence-electron chi connectivity index (χ2n) is 7.00. The van der Waals surface area contributed by atoms with Gasteiger partial charge >= 0.3 is 0 Å². The molecule has 146 valence electrons. The number of carbonyl (C=O) groups excluding carboxylic acids is 2. The maximum absolute atomic E-state index is 12.8. The van der Waals surface area contributed by atoms with Gasteiger partial charge in [0.1, 0.15) is 11.2 Å². The molecule has 0 spiro atoms. The van der Waals surface area contributed by atoms with E-state index in [9.17, 15) is 14.4 Å². The molecular formula is C19H24N2O4S2. The fourth-order valence-electron chi connectivity index (χ4n) is 2.12. The van der Waals surface area contributed by atoms with Crippen molar-refractivity contribution in [3.8, 4) is 0 Å². The Morgan fingerprint density at radius 1 is 1.33 bits per heavy atom. The molecule has 8 heteroatoms. The van der Waals surface area contributed by atoms with Crippen LogP contribution in [-0.4, -0.2) is 36.5 Å². The van der Waals surface area contributed by atoms with Crippen molar-refractivity contribution in [2.24, 2.45) is 5.41 Å². The molecular weight excluding hydrogens is 384 g/mol. The number of ketones is 1. The van der Waals surface area contributed by atoms with Crippen LogP contribution in [0.25, 0.3) is 12.2 Å². The van der Waals surface area contributed by atoms with E-state index in [0.717, 1.165) is 5.56 Å². The second-order valence-corrected chi connectivity index (χ2v) is 8.84. The number of ether oxygens (including phenoxy) is 1. The summed E-state index contributed by atoms with van der Waals surface area (Å²) in [6, 6.07) is 1.91. The standard InChI is InChI=1S/C19H24N2O4S2/c1-19(2,3)15(22)10-17-21(11-16(23)20-6-7-25-4)18(24)14(27-17)9-13-5-8-26-12-13/h5,8-10,12H,6-7,11H2,1-4H3,(H,20,23)/b14-9+,17-10-. The van der Waals surface area contributed by atoms with Gasteiger partial charge in [-0.05, 0) is 28.5 Å². The first-order chi connectivity index (χ1) is 12.7. The van der Waals surface area contributed by atoms with E-state index in [2.05, 4.69) is 5.32 Å². The van der Waals surface area contributed by atoms with E-state index >= 15 is 0 Å². The number of thiophene rings is 1. The number of carbonyl (C=O) groups is 2. The number of hydrogen-bond donors (Lipinski definition) is 1. The number of rotatable bonds is 7. The van der Waals surface area contributed by atoms with Gasteiger partial charge in [-0.3, -0.25) is 19.0 Å². The van der Waals surface area contributed by atoms with Gasteiger partial charge in [0.2, 0.25) is 5.91 Å². The van der Waals surface area contributed by atoms with Crippen LogP contribution in [0.4, 0.5) is 0 Å². The fourth-order valence-corrected chi connectivity index (χ4v) is 3.78. The Balaban J connectivity index is 2.47. The molecule has 6 nitrogen and oxygen atoms in total. The van der Waals surface area contributed by atoms with Crippen molar-refractivity contribution in [1.82, 2.24) is 9.88 Å². The van der Waals surface area contributed by atoms with Gasteiger partial charge in [0, 0.05) is 25.1 Å². The van der Waals surface area contributed by atoms with E-state index in [1.807, 2.05) is 37.6 Å². The van der Waals surface area contributed by atoms with Gasteiger partial charge in [-0.2, -0.15) is 11.3 Å². The molecule has 0 saturated carbocycles. The molecule has 0 atom stereocenters. The summed E-state index contributed by atoms with van der Waals surface area (Å²) in [6.07, 6.45) is 3.24. The monoisotopic (exact) mass is 408 g/mol. The molecule has 0 fully saturated rings. The van der Waals surface area contributed by atoms with Crippen molar-refractivity contribution >= 4 is 46.5 Å². The Hall–Kier alpha value is -2.03. The number of thiazole rings is 1. The Morgan fingerprint density at radius 3 is 2.67 bits per heavy atom. The van der Waals surface area contributed by atoms with Crippen LogP contribution in [0.1, 0.15) is 26.3 Å². The lowest BCUT2D eigenvalue weighted by Crippen LogP contribution is -2.39. The molecule has 0 unspecified atom stereocenters. The molecule has 0 aliphatic rings. The van der Waals surface area contributed by atoms with Gasteiger partial charge in [0.25, 0.3) is 5.56 Å². The Kier molecular flexibility index (Phi) is 7.29. The molecule has 0 radical (unpaired) electrons. The first kappa shape index (κ1) is 21.3. The Bertz CT molecular complexity index is 963. The summed E-state index contributed by atoms with van der Waals surface area (Å²) >= 11 is 2.76. The summed E-state index contributed by atoms with van der Waals surface area (Å²) in [4.78, 5) is 37.4. The molecule has 2 aromatic heterocycles. The molecule has 2 heterocycles. The molecule has 0 bridgehead atoms. The summed E-state index contributed by atoms with van der Waals surface area (Å²) in [7, 11) is 1.55. The molecule has 2 aromatic rings. The largest absolute Gasteiger partial charge is 0.383 e. The number of aromatic nitrogens is 1. The van der Waals surface area contributed by atoms with Crippen LogP contribution in [0.2, 0.25) is 0 Å². The van der Waals surface area contributed by atoms with Crippen molar-refractivity contribution < 1.29 is 14.3 Å². The molecule has 2 rings (SSSR count). The molecule has 0 aromatic carbocycles. The molecule has 1 N–H and O–H groups in total. The smallest absolute Gasteiger partial charge is 0.269 e. The van der Waals surface area contributed by atoms with Crippen LogP contribution in [0.5, 0.6) is 0 Å². The quantitative estimate of drug-likeness (QED) is 0.693. The van der Waals surface area contributed by atoms with Crippen LogP contribution in [0.15, 0.2) is 21.6 Å². The number of nitrogens with zero attached hydrogens (tertiary/aromatic N) is 1. The summed E-state index contributed by atoms with van der Waals surface area (Å²) in [5.41, 5.74) is 0.0767. The maximum Gasteiger partial charge on any atom is 0.269 e. The number of nitrogens with one attached hydrogen (secondary N) is 1. The van der Waals surface area contributed by atoms with Gasteiger partial charge in [-0.25, -0.2) is 0 Å². The fraction of sp³-hybridized carbons (Fsp3) is 0.421. The predicted molar refractivity (Wildman–Crippen MR) is 110 cm³/mol. The van der Waals surface area contributed by atoms with Crippen LogP contribution in [0.3, 0.4) is 0 Å². The van der Waals surface area contributed by atoms with Crippen LogP contribution < -0.4 is 20.1 Å². The number of hydrogen-bond acceptors (Lipinski definition) is 6. The normalized spacial score (nSPS) is 13.2. The Morgan fingerprint density at radius 2 is 2.07 bits per heavy atom. The minimum absolute atomic E-state index is 0.0978. The zero-order chi connectivity index (χ0) is 20.0. The average molecular weight is 409 g/mol. The molecule has 0 aliphatic carbocycles. The van der Waals surface area contributed by atoms with Crippen molar-refractivity contribution in [3.05, 3.63) is 41.9 Å². The summed E-state index contributed by atoms with van der Waals surface area (Å²) in [6.45, 7) is 6.07.